The Morgan fingerprint density at radius 2 is 2.19 bits per heavy atom. The van der Waals surface area contributed by atoms with Gasteiger partial charge in [0.1, 0.15) is 4.21 Å². The molecule has 1 aromatic rings. The minimum Gasteiger partial charge on any atom is -0.380 e. The topological polar surface area (TPSA) is 111 Å². The van der Waals surface area contributed by atoms with Crippen LogP contribution in [0.3, 0.4) is 0 Å². The van der Waals surface area contributed by atoms with Crippen LogP contribution in [0.2, 0.25) is 0 Å². The van der Waals surface area contributed by atoms with Gasteiger partial charge in [0, 0.05) is 62.7 Å². The Kier molecular flexibility index (Phi) is 8.65. The molecule has 1 aliphatic heterocycles. The number of thiophene rings is 1. The first kappa shape index (κ1) is 25.1. The molecule has 8 nitrogen and oxygen atoms in total. The Bertz CT molecular complexity index is 957. The fourth-order valence-corrected chi connectivity index (χ4v) is 7.11. The molecule has 1 amide bonds. The van der Waals surface area contributed by atoms with Crippen molar-refractivity contribution < 1.29 is 22.7 Å². The van der Waals surface area contributed by atoms with E-state index >= 15 is 0 Å². The molecule has 1 saturated heterocycles. The van der Waals surface area contributed by atoms with Crippen molar-refractivity contribution in [1.82, 2.24) is 9.62 Å². The number of nitrogens with one attached hydrogen (secondary N) is 1. The summed E-state index contributed by atoms with van der Waals surface area (Å²) in [4.78, 5) is 12.5. The van der Waals surface area contributed by atoms with Crippen molar-refractivity contribution in [3.05, 3.63) is 40.8 Å². The van der Waals surface area contributed by atoms with Crippen LogP contribution in [0.25, 0.3) is 0 Å². The molecular weight excluding hydrogens is 450 g/mol. The van der Waals surface area contributed by atoms with Gasteiger partial charge in [0.05, 0.1) is 12.2 Å². The van der Waals surface area contributed by atoms with Crippen LogP contribution in [0.15, 0.2) is 40.1 Å². The van der Waals surface area contributed by atoms with Gasteiger partial charge < -0.3 is 20.5 Å². The van der Waals surface area contributed by atoms with E-state index in [9.17, 15) is 13.2 Å². The van der Waals surface area contributed by atoms with Crippen molar-refractivity contribution in [2.75, 3.05) is 40.0 Å². The second kappa shape index (κ2) is 11.0. The predicted molar refractivity (Wildman–Crippen MR) is 125 cm³/mol. The molecule has 10 heteroatoms. The number of rotatable bonds is 12. The molecule has 1 aromatic heterocycles. The highest BCUT2D eigenvalue weighted by Gasteiger charge is 2.35. The first-order chi connectivity index (χ1) is 15.3. The number of carbonyl (C=O) groups is 1. The lowest BCUT2D eigenvalue weighted by Gasteiger charge is -2.31. The molecule has 2 atom stereocenters. The fraction of sp³-hybridized carbons (Fsp3) is 0.591. The average Bonchev–Trinajstić information content (AvgIpc) is 3.44. The van der Waals surface area contributed by atoms with Crippen LogP contribution in [0.5, 0.6) is 0 Å². The smallest absolute Gasteiger partial charge is 0.252 e. The van der Waals surface area contributed by atoms with E-state index in [1.54, 1.807) is 29.6 Å². The Morgan fingerprint density at radius 1 is 1.38 bits per heavy atom. The number of carbonyl (C=O) groups excluding carboxylic acids is 1. The third kappa shape index (κ3) is 6.06. The molecule has 2 heterocycles. The lowest BCUT2D eigenvalue weighted by atomic mass is 9.86. The Hall–Kier alpha value is -1.56. The van der Waals surface area contributed by atoms with E-state index in [1.807, 2.05) is 12.1 Å². The molecule has 3 rings (SSSR count). The van der Waals surface area contributed by atoms with Gasteiger partial charge in [-0.25, -0.2) is 8.42 Å². The number of allylic oxidation sites excluding steroid dienone is 2. The summed E-state index contributed by atoms with van der Waals surface area (Å²) in [5.41, 5.74) is 5.22. The largest absolute Gasteiger partial charge is 0.380 e. The second-order valence-corrected chi connectivity index (χ2v) is 11.5. The summed E-state index contributed by atoms with van der Waals surface area (Å²) in [5, 5.41) is 3.38. The van der Waals surface area contributed by atoms with E-state index in [1.165, 1.54) is 11.3 Å². The molecule has 1 aliphatic carbocycles. The molecular formula is C22H33N3O5S2. The highest BCUT2D eigenvalue weighted by molar-refractivity contribution is 7.91. The van der Waals surface area contributed by atoms with Gasteiger partial charge in [-0.3, -0.25) is 4.79 Å². The van der Waals surface area contributed by atoms with E-state index in [0.717, 1.165) is 30.9 Å². The number of methoxy groups -OCH3 is 1. The van der Waals surface area contributed by atoms with Crippen LogP contribution >= 0.6 is 11.3 Å². The maximum absolute atomic E-state index is 13.2. The van der Waals surface area contributed by atoms with E-state index in [0.29, 0.717) is 42.3 Å². The third-order valence-electron chi connectivity index (χ3n) is 5.79. The number of nitrogens with zero attached hydrogens (tertiary/aromatic N) is 1. The average molecular weight is 484 g/mol. The van der Waals surface area contributed by atoms with Gasteiger partial charge in [-0.05, 0) is 25.0 Å². The van der Waals surface area contributed by atoms with E-state index in [2.05, 4.69) is 12.2 Å². The minimum absolute atomic E-state index is 0.137. The number of sulfonamides is 1. The molecule has 0 radical (unpaired) electrons. The van der Waals surface area contributed by atoms with Crippen LogP contribution in [-0.2, 0) is 30.7 Å². The lowest BCUT2D eigenvalue weighted by Crippen LogP contribution is -2.36. The molecule has 32 heavy (non-hydrogen) atoms. The summed E-state index contributed by atoms with van der Waals surface area (Å²) >= 11 is 1.25. The van der Waals surface area contributed by atoms with E-state index in [4.69, 9.17) is 15.2 Å². The molecule has 2 unspecified atom stereocenters. The first-order valence-corrected chi connectivity index (χ1v) is 13.2. The number of hydrogen-bond acceptors (Lipinski definition) is 7. The highest BCUT2D eigenvalue weighted by Crippen LogP contribution is 2.34. The van der Waals surface area contributed by atoms with Gasteiger partial charge in [-0.1, -0.05) is 25.2 Å². The zero-order valence-electron chi connectivity index (χ0n) is 18.7. The third-order valence-corrected chi connectivity index (χ3v) is 9.21. The maximum atomic E-state index is 13.2. The Balaban J connectivity index is 1.60. The van der Waals surface area contributed by atoms with Gasteiger partial charge in [-0.15, -0.1) is 11.3 Å². The molecule has 178 valence electrons. The Morgan fingerprint density at radius 3 is 2.91 bits per heavy atom. The van der Waals surface area contributed by atoms with Gasteiger partial charge >= 0.3 is 0 Å². The predicted octanol–water partition coefficient (Wildman–Crippen LogP) is 1.83. The summed E-state index contributed by atoms with van der Waals surface area (Å²) in [5.74, 6) is -0.473. The van der Waals surface area contributed by atoms with Gasteiger partial charge in [0.25, 0.3) is 10.0 Å². The van der Waals surface area contributed by atoms with Crippen LogP contribution in [0.1, 0.15) is 31.1 Å². The molecule has 0 bridgehead atoms. The quantitative estimate of drug-likeness (QED) is 0.439. The normalized spacial score (nSPS) is 24.1. The van der Waals surface area contributed by atoms with E-state index in [-0.39, 0.29) is 6.04 Å². The lowest BCUT2D eigenvalue weighted by molar-refractivity contribution is -0.115. The molecule has 2 aliphatic rings. The van der Waals surface area contributed by atoms with Crippen molar-refractivity contribution >= 4 is 27.3 Å². The zero-order chi connectivity index (χ0) is 23.2. The van der Waals surface area contributed by atoms with Crippen molar-refractivity contribution in [2.45, 2.75) is 48.5 Å². The number of ether oxygens (including phenoxy) is 2. The van der Waals surface area contributed by atoms with Gasteiger partial charge in [-0.2, -0.15) is 4.31 Å². The monoisotopic (exact) mass is 483 g/mol. The standard InChI is InChI=1S/C22H33N3O5S2/c1-3-12-30-13-10-24-18-8-11-25(16-18)32(27,28)20-7-6-19(31-20)15-22(29-2)9-4-5-17(14-22)21(23)26/h4-7,9,18,24H,3,8,10-16H2,1-2H3,(H2,23,26). The minimum atomic E-state index is -3.55. The van der Waals surface area contributed by atoms with Crippen LogP contribution in [0.4, 0.5) is 0 Å². The summed E-state index contributed by atoms with van der Waals surface area (Å²) < 4.78 is 39.4. The number of nitrogens with two attached hydrogens (primary N) is 1. The first-order valence-electron chi connectivity index (χ1n) is 10.9. The van der Waals surface area contributed by atoms with E-state index < -0.39 is 21.5 Å². The zero-order valence-corrected chi connectivity index (χ0v) is 20.3. The maximum Gasteiger partial charge on any atom is 0.252 e. The van der Waals surface area contributed by atoms with Gasteiger partial charge in [0.2, 0.25) is 5.91 Å². The molecule has 0 aromatic carbocycles. The summed E-state index contributed by atoms with van der Waals surface area (Å²) in [6, 6.07) is 3.62. The van der Waals surface area contributed by atoms with Gasteiger partial charge in [0.15, 0.2) is 0 Å². The highest BCUT2D eigenvalue weighted by atomic mass is 32.2. The van der Waals surface area contributed by atoms with Crippen LogP contribution < -0.4 is 11.1 Å². The fourth-order valence-electron chi connectivity index (χ4n) is 3.99. The summed E-state index contributed by atoms with van der Waals surface area (Å²) in [6.07, 6.45) is 7.95. The molecule has 0 spiro atoms. The molecule has 1 fully saturated rings. The number of primary amides is 1. The SMILES string of the molecule is CCCOCCNC1CCN(S(=O)(=O)c2ccc(CC3(OC)C=CC=C(C(N)=O)C3)s2)C1. The summed E-state index contributed by atoms with van der Waals surface area (Å²) in [7, 11) is -1.96. The number of hydrogen-bond donors (Lipinski definition) is 2. The van der Waals surface area contributed by atoms with Crippen molar-refractivity contribution in [2.24, 2.45) is 5.73 Å². The number of amides is 1. The Labute approximate surface area is 194 Å². The molecule has 3 N–H and O–H groups in total. The van der Waals surface area contributed by atoms with Crippen LogP contribution in [-0.4, -0.2) is 70.2 Å². The second-order valence-electron chi connectivity index (χ2n) is 8.17. The van der Waals surface area contributed by atoms with Crippen LogP contribution in [0, 0.1) is 0 Å². The molecule has 0 saturated carbocycles. The van der Waals surface area contributed by atoms with Crippen molar-refractivity contribution in [1.29, 1.82) is 0 Å². The summed E-state index contributed by atoms with van der Waals surface area (Å²) in [6.45, 7) is 5.12. The van der Waals surface area contributed by atoms with Crippen molar-refractivity contribution in [3.63, 3.8) is 0 Å². The van der Waals surface area contributed by atoms with Crippen molar-refractivity contribution in [3.8, 4) is 0 Å².